The molecule has 0 atom stereocenters. The van der Waals surface area contributed by atoms with Crippen LogP contribution in [0, 0.1) is 20.8 Å². The van der Waals surface area contributed by atoms with E-state index < -0.39 is 0 Å². The largest absolute Gasteiger partial charge is 0.340 e. The lowest BCUT2D eigenvalue weighted by atomic mass is 10.0. The van der Waals surface area contributed by atoms with Crippen LogP contribution in [0.3, 0.4) is 0 Å². The number of Topliss-reactive ketones (excluding diaryl/α,β-unsaturated/α-hetero) is 1. The molecule has 6 heteroatoms. The van der Waals surface area contributed by atoms with E-state index in [0.29, 0.717) is 22.9 Å². The molecule has 176 valence electrons. The van der Waals surface area contributed by atoms with Gasteiger partial charge < -0.3 is 10.6 Å². The molecule has 2 N–H and O–H groups in total. The maximum absolute atomic E-state index is 12.5. The van der Waals surface area contributed by atoms with Gasteiger partial charge in [-0.05, 0) is 56.2 Å². The summed E-state index contributed by atoms with van der Waals surface area (Å²) in [4.78, 5) is 34.0. The number of aromatic nitrogens is 2. The number of hydrogen-bond acceptors (Lipinski definition) is 5. The van der Waals surface area contributed by atoms with Crippen molar-refractivity contribution in [3.63, 3.8) is 0 Å². The molecule has 0 aliphatic rings. The number of carbonyl (C=O) groups is 2. The molecule has 0 radical (unpaired) electrons. The first-order chi connectivity index (χ1) is 16.9. The van der Waals surface area contributed by atoms with Gasteiger partial charge in [0.15, 0.2) is 5.78 Å². The monoisotopic (exact) mass is 464 g/mol. The molecule has 0 bridgehead atoms. The number of carbonyl (C=O) groups excluding carboxylic acids is 2. The van der Waals surface area contributed by atoms with Gasteiger partial charge in [-0.1, -0.05) is 48.5 Å². The van der Waals surface area contributed by atoms with Crippen LogP contribution in [0.2, 0.25) is 0 Å². The molecule has 0 fully saturated rings. The van der Waals surface area contributed by atoms with Crippen molar-refractivity contribution in [3.8, 4) is 11.3 Å². The van der Waals surface area contributed by atoms with Gasteiger partial charge in [-0.3, -0.25) is 9.59 Å². The Morgan fingerprint density at radius 2 is 1.51 bits per heavy atom. The van der Waals surface area contributed by atoms with Crippen molar-refractivity contribution in [2.75, 3.05) is 10.6 Å². The number of aryl methyl sites for hydroxylation is 3. The summed E-state index contributed by atoms with van der Waals surface area (Å²) in [6, 6.07) is 24.9. The molecule has 4 rings (SSSR count). The third-order valence-electron chi connectivity index (χ3n) is 5.73. The van der Waals surface area contributed by atoms with E-state index in [2.05, 4.69) is 20.6 Å². The molecule has 6 nitrogen and oxygen atoms in total. The smallest absolute Gasteiger partial charge is 0.224 e. The van der Waals surface area contributed by atoms with Crippen LogP contribution in [0.5, 0.6) is 0 Å². The zero-order valence-electron chi connectivity index (χ0n) is 20.1. The van der Waals surface area contributed by atoms with Gasteiger partial charge in [-0.2, -0.15) is 0 Å². The van der Waals surface area contributed by atoms with Crippen molar-refractivity contribution in [1.82, 2.24) is 9.97 Å². The van der Waals surface area contributed by atoms with E-state index >= 15 is 0 Å². The predicted molar refractivity (Wildman–Crippen MR) is 140 cm³/mol. The Morgan fingerprint density at radius 3 is 2.29 bits per heavy atom. The fraction of sp³-hybridized carbons (Fsp3) is 0.172. The summed E-state index contributed by atoms with van der Waals surface area (Å²) in [5.74, 6) is 1.08. The summed E-state index contributed by atoms with van der Waals surface area (Å²) in [5.41, 5.74) is 6.12. The molecule has 0 saturated heterocycles. The number of amides is 1. The zero-order valence-corrected chi connectivity index (χ0v) is 20.1. The first-order valence-corrected chi connectivity index (χ1v) is 11.6. The Balaban J connectivity index is 1.38. The quantitative estimate of drug-likeness (QED) is 0.294. The Morgan fingerprint density at radius 1 is 0.743 bits per heavy atom. The third-order valence-corrected chi connectivity index (χ3v) is 5.73. The highest BCUT2D eigenvalue weighted by molar-refractivity contribution is 6.00. The highest BCUT2D eigenvalue weighted by Crippen LogP contribution is 2.24. The third kappa shape index (κ3) is 6.38. The number of ketones is 1. The molecule has 1 aromatic heterocycles. The van der Waals surface area contributed by atoms with Crippen molar-refractivity contribution in [2.45, 2.75) is 33.6 Å². The van der Waals surface area contributed by atoms with Gasteiger partial charge >= 0.3 is 0 Å². The van der Waals surface area contributed by atoms with Crippen LogP contribution >= 0.6 is 0 Å². The van der Waals surface area contributed by atoms with Gasteiger partial charge in [0.25, 0.3) is 0 Å². The summed E-state index contributed by atoms with van der Waals surface area (Å²) in [6.07, 6.45) is 0.281. The zero-order chi connectivity index (χ0) is 24.8. The minimum Gasteiger partial charge on any atom is -0.340 e. The summed E-state index contributed by atoms with van der Waals surface area (Å²) < 4.78 is 0. The van der Waals surface area contributed by atoms with Gasteiger partial charge in [0.2, 0.25) is 5.91 Å². The molecule has 4 aromatic rings. The molecule has 1 heterocycles. The Bertz CT molecular complexity index is 1370. The van der Waals surface area contributed by atoms with E-state index in [0.717, 1.165) is 28.1 Å². The molecule has 35 heavy (non-hydrogen) atoms. The molecule has 0 saturated carbocycles. The van der Waals surface area contributed by atoms with Crippen molar-refractivity contribution in [2.24, 2.45) is 0 Å². The van der Waals surface area contributed by atoms with Gasteiger partial charge in [0.1, 0.15) is 11.6 Å². The fourth-order valence-corrected chi connectivity index (χ4v) is 3.72. The number of benzene rings is 3. The van der Waals surface area contributed by atoms with E-state index in [1.165, 1.54) is 0 Å². The average Bonchev–Trinajstić information content (AvgIpc) is 2.84. The van der Waals surface area contributed by atoms with Crippen molar-refractivity contribution in [3.05, 3.63) is 101 Å². The van der Waals surface area contributed by atoms with Crippen molar-refractivity contribution < 1.29 is 9.59 Å². The lowest BCUT2D eigenvalue weighted by molar-refractivity contribution is -0.116. The predicted octanol–water partition coefficient (Wildman–Crippen LogP) is 6.41. The van der Waals surface area contributed by atoms with E-state index in [1.54, 1.807) is 0 Å². The lowest BCUT2D eigenvalue weighted by Gasteiger charge is -2.11. The van der Waals surface area contributed by atoms with E-state index in [4.69, 9.17) is 0 Å². The minimum absolute atomic E-state index is 0.0352. The normalized spacial score (nSPS) is 10.6. The molecule has 1 amide bonds. The maximum Gasteiger partial charge on any atom is 0.224 e. The molecule has 0 spiro atoms. The van der Waals surface area contributed by atoms with Gasteiger partial charge in [-0.25, -0.2) is 9.97 Å². The van der Waals surface area contributed by atoms with E-state index in [-0.39, 0.29) is 24.5 Å². The van der Waals surface area contributed by atoms with E-state index in [1.807, 2.05) is 99.6 Å². The van der Waals surface area contributed by atoms with Crippen molar-refractivity contribution in [1.29, 1.82) is 0 Å². The Hall–Kier alpha value is -4.32. The number of hydrogen-bond donors (Lipinski definition) is 2. The molecule has 0 aliphatic carbocycles. The lowest BCUT2D eigenvalue weighted by Crippen LogP contribution is -2.13. The average molecular weight is 465 g/mol. The second kappa shape index (κ2) is 10.7. The number of anilines is 3. The molecule has 0 unspecified atom stereocenters. The summed E-state index contributed by atoms with van der Waals surface area (Å²) in [7, 11) is 0. The standard InChI is InChI=1S/C29H28N4O2/c1-19-12-13-23(16-20(19)2)27(34)14-15-29(35)33-25-11-7-10-24(17-25)32-28-18-26(30-21(3)31-28)22-8-5-4-6-9-22/h4-13,16-18H,14-15H2,1-3H3,(H,33,35)(H,30,31,32). The van der Waals surface area contributed by atoms with Gasteiger partial charge in [0, 0.05) is 41.4 Å². The summed E-state index contributed by atoms with van der Waals surface area (Å²) in [5, 5.41) is 6.17. The molecule has 3 aromatic carbocycles. The number of nitrogens with zero attached hydrogens (tertiary/aromatic N) is 2. The first-order valence-electron chi connectivity index (χ1n) is 11.6. The highest BCUT2D eigenvalue weighted by Gasteiger charge is 2.11. The summed E-state index contributed by atoms with van der Waals surface area (Å²) >= 11 is 0. The van der Waals surface area contributed by atoms with Crippen LogP contribution in [0.25, 0.3) is 11.3 Å². The van der Waals surface area contributed by atoms with Crippen LogP contribution in [-0.4, -0.2) is 21.7 Å². The number of nitrogens with one attached hydrogen (secondary N) is 2. The first kappa shape index (κ1) is 23.8. The Kier molecular flexibility index (Phi) is 7.31. The minimum atomic E-state index is -0.205. The highest BCUT2D eigenvalue weighted by atomic mass is 16.2. The van der Waals surface area contributed by atoms with Gasteiger partial charge in [0.05, 0.1) is 5.69 Å². The van der Waals surface area contributed by atoms with Gasteiger partial charge in [-0.15, -0.1) is 0 Å². The van der Waals surface area contributed by atoms with Crippen LogP contribution in [0.4, 0.5) is 17.2 Å². The van der Waals surface area contributed by atoms with Crippen molar-refractivity contribution >= 4 is 28.9 Å². The molecular formula is C29H28N4O2. The van der Waals surface area contributed by atoms with Crippen LogP contribution in [-0.2, 0) is 4.79 Å². The fourth-order valence-electron chi connectivity index (χ4n) is 3.72. The van der Waals surface area contributed by atoms with Crippen LogP contribution < -0.4 is 10.6 Å². The van der Waals surface area contributed by atoms with E-state index in [9.17, 15) is 9.59 Å². The number of rotatable bonds is 8. The second-order valence-corrected chi connectivity index (χ2v) is 8.53. The topological polar surface area (TPSA) is 84.0 Å². The Labute approximate surface area is 205 Å². The summed E-state index contributed by atoms with van der Waals surface area (Å²) in [6.45, 7) is 5.84. The molecular weight excluding hydrogens is 436 g/mol. The SMILES string of the molecule is Cc1nc(Nc2cccc(NC(=O)CCC(=O)c3ccc(C)c(C)c3)c2)cc(-c2ccccc2)n1. The second-order valence-electron chi connectivity index (χ2n) is 8.53. The molecule has 0 aliphatic heterocycles. The van der Waals surface area contributed by atoms with Crippen LogP contribution in [0.15, 0.2) is 78.9 Å². The maximum atomic E-state index is 12.5. The van der Waals surface area contributed by atoms with Crippen LogP contribution in [0.1, 0.15) is 40.2 Å².